The molecular weight excluding hydrogens is 651 g/mol. The van der Waals surface area contributed by atoms with E-state index in [0.29, 0.717) is 0 Å². The van der Waals surface area contributed by atoms with Crippen LogP contribution in [0, 0.1) is 0 Å². The molecule has 0 aliphatic heterocycles. The summed E-state index contributed by atoms with van der Waals surface area (Å²) in [6.07, 6.45) is 6.46. The van der Waals surface area contributed by atoms with Gasteiger partial charge in [0.2, 0.25) is 0 Å². The van der Waals surface area contributed by atoms with Crippen LogP contribution >= 0.6 is 0 Å². The average Bonchev–Trinajstić information content (AvgIpc) is 3.52. The minimum Gasteiger partial charge on any atom is -0.248 e. The maximum Gasteiger partial charge on any atom is 0.0715 e. The van der Waals surface area contributed by atoms with Gasteiger partial charge in [-0.05, 0) is 110 Å². The molecule has 0 unspecified atom stereocenters. The van der Waals surface area contributed by atoms with Crippen LogP contribution in [-0.4, -0.2) is 4.98 Å². The zero-order valence-electron chi connectivity index (χ0n) is 30.4. The number of pyridine rings is 1. The number of aromatic nitrogens is 1. The van der Waals surface area contributed by atoms with Crippen LogP contribution in [0.15, 0.2) is 188 Å². The van der Waals surface area contributed by atoms with Crippen LogP contribution in [0.4, 0.5) is 0 Å². The maximum absolute atomic E-state index is 5.29. The third-order valence-corrected chi connectivity index (χ3v) is 11.9. The van der Waals surface area contributed by atoms with Crippen molar-refractivity contribution in [3.63, 3.8) is 0 Å². The molecule has 1 spiro atoms. The van der Waals surface area contributed by atoms with E-state index in [1.165, 1.54) is 93.3 Å². The zero-order chi connectivity index (χ0) is 35.9. The van der Waals surface area contributed by atoms with Gasteiger partial charge in [-0.15, -0.1) is 0 Å². The highest BCUT2D eigenvalue weighted by Gasteiger charge is 2.43. The summed E-state index contributed by atoms with van der Waals surface area (Å²) < 4.78 is 0. The Labute approximate surface area is 318 Å². The van der Waals surface area contributed by atoms with Crippen LogP contribution in [0.1, 0.15) is 43.2 Å². The first-order chi connectivity index (χ1) is 26.7. The fourth-order valence-electron chi connectivity index (χ4n) is 9.25. The second-order valence-electron chi connectivity index (χ2n) is 15.0. The first-order valence-corrected chi connectivity index (χ1v) is 19.4. The Morgan fingerprint density at radius 3 is 1.61 bits per heavy atom. The summed E-state index contributed by atoms with van der Waals surface area (Å²) in [5, 5.41) is 0. The molecule has 1 heteroatoms. The molecule has 8 aromatic rings. The summed E-state index contributed by atoms with van der Waals surface area (Å²) in [7, 11) is 0. The van der Waals surface area contributed by atoms with Crippen molar-refractivity contribution in [2.24, 2.45) is 0 Å². The highest BCUT2D eigenvalue weighted by Crippen LogP contribution is 2.56. The topological polar surface area (TPSA) is 12.9 Å². The lowest BCUT2D eigenvalue weighted by atomic mass is 9.68. The van der Waals surface area contributed by atoms with E-state index in [1.54, 1.807) is 0 Å². The van der Waals surface area contributed by atoms with Crippen molar-refractivity contribution < 1.29 is 0 Å². The Balaban J connectivity index is 1.11. The molecule has 1 fully saturated rings. The van der Waals surface area contributed by atoms with Gasteiger partial charge in [-0.1, -0.05) is 177 Å². The lowest BCUT2D eigenvalue weighted by molar-refractivity contribution is 0.353. The maximum atomic E-state index is 5.29. The van der Waals surface area contributed by atoms with Crippen molar-refractivity contribution in [3.8, 4) is 78.1 Å². The van der Waals surface area contributed by atoms with Crippen LogP contribution in [0.3, 0.4) is 0 Å². The van der Waals surface area contributed by atoms with Gasteiger partial charge in [0.25, 0.3) is 0 Å². The molecule has 0 bridgehead atoms. The number of nitrogens with zero attached hydrogens (tertiary/aromatic N) is 1. The zero-order valence-corrected chi connectivity index (χ0v) is 30.4. The largest absolute Gasteiger partial charge is 0.248 e. The van der Waals surface area contributed by atoms with Gasteiger partial charge in [-0.25, -0.2) is 4.98 Å². The molecule has 0 amide bonds. The quantitative estimate of drug-likeness (QED) is 0.169. The SMILES string of the molecule is c1ccc(-c2cc(-c3ccccc3)nc(-c3ccc(-c4ccccc4)c(-c4cccc(-c5ccc6c(c5)-c5ccccc5C65CCCCC5)c4)c3)c2)cc1. The van der Waals surface area contributed by atoms with E-state index < -0.39 is 0 Å². The molecule has 0 saturated heterocycles. The number of rotatable bonds is 6. The molecule has 258 valence electrons. The fourth-order valence-corrected chi connectivity index (χ4v) is 9.25. The molecule has 2 aliphatic carbocycles. The van der Waals surface area contributed by atoms with Crippen molar-refractivity contribution in [2.75, 3.05) is 0 Å². The van der Waals surface area contributed by atoms with Crippen molar-refractivity contribution in [2.45, 2.75) is 37.5 Å². The predicted molar refractivity (Wildman–Crippen MR) is 226 cm³/mol. The Morgan fingerprint density at radius 2 is 0.852 bits per heavy atom. The molecule has 1 aromatic heterocycles. The van der Waals surface area contributed by atoms with Gasteiger partial charge in [-0.3, -0.25) is 0 Å². The molecule has 1 nitrogen and oxygen atoms in total. The van der Waals surface area contributed by atoms with E-state index in [0.717, 1.165) is 28.1 Å². The van der Waals surface area contributed by atoms with E-state index in [4.69, 9.17) is 4.98 Å². The van der Waals surface area contributed by atoms with Gasteiger partial charge in [0.15, 0.2) is 0 Å². The summed E-state index contributed by atoms with van der Waals surface area (Å²) in [5.41, 5.74) is 19.8. The Hall–Kier alpha value is -6.31. The molecular formula is C53H41N. The normalized spacial score (nSPS) is 14.1. The number of hydrogen-bond donors (Lipinski definition) is 0. The molecule has 7 aromatic carbocycles. The van der Waals surface area contributed by atoms with Crippen molar-refractivity contribution in [1.82, 2.24) is 4.98 Å². The first-order valence-electron chi connectivity index (χ1n) is 19.4. The lowest BCUT2D eigenvalue weighted by Gasteiger charge is -2.36. The Kier molecular flexibility index (Phi) is 8.14. The van der Waals surface area contributed by atoms with Gasteiger partial charge in [-0.2, -0.15) is 0 Å². The Morgan fingerprint density at radius 1 is 0.296 bits per heavy atom. The number of hydrogen-bond acceptors (Lipinski definition) is 1. The molecule has 1 saturated carbocycles. The van der Waals surface area contributed by atoms with Gasteiger partial charge >= 0.3 is 0 Å². The summed E-state index contributed by atoms with van der Waals surface area (Å²) in [4.78, 5) is 5.29. The molecule has 0 N–H and O–H groups in total. The van der Waals surface area contributed by atoms with Gasteiger partial charge in [0.05, 0.1) is 11.4 Å². The highest BCUT2D eigenvalue weighted by atomic mass is 14.7. The van der Waals surface area contributed by atoms with Crippen LogP contribution in [0.25, 0.3) is 78.1 Å². The minimum absolute atomic E-state index is 0.168. The van der Waals surface area contributed by atoms with Crippen molar-refractivity contribution in [3.05, 3.63) is 199 Å². The Bertz CT molecular complexity index is 2560. The number of fused-ring (bicyclic) bond motifs is 5. The van der Waals surface area contributed by atoms with Crippen LogP contribution in [0.5, 0.6) is 0 Å². The molecule has 2 aliphatic rings. The minimum atomic E-state index is 0.168. The first kappa shape index (κ1) is 32.3. The average molecular weight is 692 g/mol. The summed E-state index contributed by atoms with van der Waals surface area (Å²) in [5.74, 6) is 0. The number of benzene rings is 7. The van der Waals surface area contributed by atoms with Crippen LogP contribution in [-0.2, 0) is 5.41 Å². The molecule has 54 heavy (non-hydrogen) atoms. The second-order valence-corrected chi connectivity index (χ2v) is 15.0. The van der Waals surface area contributed by atoms with Crippen LogP contribution in [0.2, 0.25) is 0 Å². The van der Waals surface area contributed by atoms with E-state index in [-0.39, 0.29) is 5.41 Å². The van der Waals surface area contributed by atoms with E-state index in [9.17, 15) is 0 Å². The molecule has 1 heterocycles. The summed E-state index contributed by atoms with van der Waals surface area (Å²) >= 11 is 0. The van der Waals surface area contributed by atoms with E-state index in [1.807, 2.05) is 0 Å². The smallest absolute Gasteiger partial charge is 0.0715 e. The van der Waals surface area contributed by atoms with Gasteiger partial charge in [0, 0.05) is 16.5 Å². The molecule has 0 atom stereocenters. The van der Waals surface area contributed by atoms with Crippen molar-refractivity contribution >= 4 is 0 Å². The monoisotopic (exact) mass is 691 g/mol. The van der Waals surface area contributed by atoms with Crippen molar-refractivity contribution in [1.29, 1.82) is 0 Å². The van der Waals surface area contributed by atoms with Crippen LogP contribution < -0.4 is 0 Å². The van der Waals surface area contributed by atoms with E-state index >= 15 is 0 Å². The molecule has 0 radical (unpaired) electrons. The van der Waals surface area contributed by atoms with Gasteiger partial charge in [0.1, 0.15) is 0 Å². The highest BCUT2D eigenvalue weighted by molar-refractivity contribution is 5.90. The third-order valence-electron chi connectivity index (χ3n) is 11.9. The fraction of sp³-hybridized carbons (Fsp3) is 0.113. The lowest BCUT2D eigenvalue weighted by Crippen LogP contribution is -2.27. The summed E-state index contributed by atoms with van der Waals surface area (Å²) in [6.45, 7) is 0. The second kappa shape index (κ2) is 13.6. The predicted octanol–water partition coefficient (Wildman–Crippen LogP) is 14.3. The van der Waals surface area contributed by atoms with E-state index in [2.05, 4.69) is 188 Å². The summed E-state index contributed by atoms with van der Waals surface area (Å²) in [6, 6.07) is 68.8. The third kappa shape index (κ3) is 5.69. The van der Waals surface area contributed by atoms with Gasteiger partial charge < -0.3 is 0 Å². The molecule has 10 rings (SSSR count). The standard InChI is InChI=1S/C53H41N/c1-5-16-37(17-6-1)44-35-51(39-20-9-3-10-21-39)54-52(36-44)43-26-28-45(38-18-7-2-8-19-38)47(34-43)42-23-15-22-40(32-42)41-27-29-50-48(33-41)46-24-11-12-25-49(46)53(50)30-13-4-14-31-53/h1-3,5-12,15-29,32-36H,4,13-14,30-31H2.